The lowest BCUT2D eigenvalue weighted by Crippen LogP contribution is -2.44. The lowest BCUT2D eigenvalue weighted by molar-refractivity contribution is -0.146. The summed E-state index contributed by atoms with van der Waals surface area (Å²) >= 11 is 0. The minimum Gasteiger partial charge on any atom is -0.478 e. The van der Waals surface area contributed by atoms with Gasteiger partial charge in [-0.3, -0.25) is 14.7 Å². The van der Waals surface area contributed by atoms with Crippen molar-refractivity contribution in [3.63, 3.8) is 0 Å². The van der Waals surface area contributed by atoms with Gasteiger partial charge in [0.2, 0.25) is 0 Å². The van der Waals surface area contributed by atoms with E-state index in [2.05, 4.69) is 13.8 Å². The second-order valence-electron chi connectivity index (χ2n) is 12.4. The van der Waals surface area contributed by atoms with Crippen molar-refractivity contribution in [3.8, 4) is 0 Å². The fourth-order valence-electron chi connectivity index (χ4n) is 5.69. The van der Waals surface area contributed by atoms with Crippen LogP contribution in [0.15, 0.2) is 40.5 Å². The lowest BCUT2D eigenvalue weighted by atomic mass is 9.73. The van der Waals surface area contributed by atoms with Gasteiger partial charge in [0, 0.05) is 18.2 Å². The SMILES string of the molecule is CCOC(=O)C1=C([C@@H]2CCCN2C(=O)OC(C)(C)C)N=C(CCCC(C)C)C(C(=O)OCC)C1c1ccc(C(=O)O)cc1. The first-order valence-corrected chi connectivity index (χ1v) is 15.3. The molecule has 2 aliphatic rings. The fraction of sp³-hybridized carbons (Fsp3) is 0.606. The number of carboxylic acids is 1. The van der Waals surface area contributed by atoms with Crippen molar-refractivity contribution < 1.29 is 38.5 Å². The van der Waals surface area contributed by atoms with E-state index in [4.69, 9.17) is 19.2 Å². The molecule has 0 spiro atoms. The molecule has 2 heterocycles. The Morgan fingerprint density at radius 3 is 2.26 bits per heavy atom. The van der Waals surface area contributed by atoms with Gasteiger partial charge in [0.15, 0.2) is 0 Å². The maximum Gasteiger partial charge on any atom is 0.410 e. The molecule has 3 rings (SSSR count). The number of carboxylic acid groups (broad SMARTS) is 1. The molecular formula is C33H46N2O8. The number of carbonyl (C=O) groups is 4. The standard InChI is InChI=1S/C33H46N2O8/c1-8-41-30(38)26-23(13-10-12-20(3)4)34-28(24-14-11-19-35(24)32(40)43-33(5,6)7)27(31(39)42-9-2)25(26)21-15-17-22(18-16-21)29(36)37/h15-18,20,24-26H,8-14,19H2,1-7H3,(H,36,37)/t24-,25?,26?/m0/s1. The number of aromatic carboxylic acids is 1. The molecule has 0 aliphatic carbocycles. The third kappa shape index (κ3) is 8.45. The van der Waals surface area contributed by atoms with Crippen LogP contribution < -0.4 is 0 Å². The molecule has 0 aromatic heterocycles. The van der Waals surface area contributed by atoms with Crippen molar-refractivity contribution in [3.05, 3.63) is 46.7 Å². The van der Waals surface area contributed by atoms with E-state index in [0.717, 1.165) is 12.8 Å². The molecule has 2 aliphatic heterocycles. The topological polar surface area (TPSA) is 132 Å². The molecule has 3 atom stereocenters. The van der Waals surface area contributed by atoms with Gasteiger partial charge in [0.25, 0.3) is 0 Å². The van der Waals surface area contributed by atoms with Crippen LogP contribution in [0.5, 0.6) is 0 Å². The average molecular weight is 599 g/mol. The molecular weight excluding hydrogens is 552 g/mol. The van der Waals surface area contributed by atoms with Crippen LogP contribution in [-0.2, 0) is 23.8 Å². The van der Waals surface area contributed by atoms with E-state index >= 15 is 0 Å². The molecule has 43 heavy (non-hydrogen) atoms. The van der Waals surface area contributed by atoms with Crippen LogP contribution in [0.2, 0.25) is 0 Å². The zero-order chi connectivity index (χ0) is 31.9. The highest BCUT2D eigenvalue weighted by Crippen LogP contribution is 2.44. The minimum atomic E-state index is -1.09. The van der Waals surface area contributed by atoms with Crippen molar-refractivity contribution >= 4 is 29.7 Å². The van der Waals surface area contributed by atoms with Gasteiger partial charge in [-0.2, -0.15) is 0 Å². The second-order valence-corrected chi connectivity index (χ2v) is 12.4. The molecule has 10 heteroatoms. The smallest absolute Gasteiger partial charge is 0.410 e. The van der Waals surface area contributed by atoms with Gasteiger partial charge in [0.1, 0.15) is 11.5 Å². The summed E-state index contributed by atoms with van der Waals surface area (Å²) in [4.78, 5) is 59.1. The average Bonchev–Trinajstić information content (AvgIpc) is 3.42. The summed E-state index contributed by atoms with van der Waals surface area (Å²) in [6, 6.07) is 5.58. The van der Waals surface area contributed by atoms with Crippen molar-refractivity contribution in [2.24, 2.45) is 16.8 Å². The zero-order valence-corrected chi connectivity index (χ0v) is 26.5. The predicted molar refractivity (Wildman–Crippen MR) is 162 cm³/mol. The van der Waals surface area contributed by atoms with Gasteiger partial charge < -0.3 is 19.3 Å². The molecule has 1 aromatic carbocycles. The van der Waals surface area contributed by atoms with Gasteiger partial charge >= 0.3 is 24.0 Å². The molecule has 1 saturated heterocycles. The van der Waals surface area contributed by atoms with Crippen LogP contribution in [0.25, 0.3) is 0 Å². The highest BCUT2D eigenvalue weighted by molar-refractivity contribution is 6.08. The molecule has 1 amide bonds. The van der Waals surface area contributed by atoms with Crippen LogP contribution in [0.3, 0.4) is 0 Å². The van der Waals surface area contributed by atoms with E-state index in [9.17, 15) is 24.3 Å². The maximum absolute atomic E-state index is 13.8. The Kier molecular flexibility index (Phi) is 11.5. The van der Waals surface area contributed by atoms with Gasteiger partial charge in [-0.05, 0) is 83.9 Å². The summed E-state index contributed by atoms with van der Waals surface area (Å²) in [7, 11) is 0. The number of ether oxygens (including phenoxy) is 3. The lowest BCUT2D eigenvalue weighted by Gasteiger charge is -2.36. The number of nitrogens with zero attached hydrogens (tertiary/aromatic N) is 2. The van der Waals surface area contributed by atoms with Crippen molar-refractivity contribution in [1.82, 2.24) is 4.90 Å². The Morgan fingerprint density at radius 2 is 1.70 bits per heavy atom. The number of carbonyl (C=O) groups excluding carboxylic acids is 3. The van der Waals surface area contributed by atoms with E-state index < -0.39 is 47.5 Å². The van der Waals surface area contributed by atoms with E-state index in [0.29, 0.717) is 48.7 Å². The van der Waals surface area contributed by atoms with Crippen LogP contribution in [0, 0.1) is 11.8 Å². The normalized spacial score (nSPS) is 20.6. The first-order valence-electron chi connectivity index (χ1n) is 15.3. The maximum atomic E-state index is 13.8. The number of hydrogen-bond acceptors (Lipinski definition) is 8. The van der Waals surface area contributed by atoms with Crippen LogP contribution in [0.1, 0.15) is 102 Å². The molecule has 0 bridgehead atoms. The molecule has 0 saturated carbocycles. The van der Waals surface area contributed by atoms with Crippen LogP contribution in [0.4, 0.5) is 4.79 Å². The Morgan fingerprint density at radius 1 is 1.05 bits per heavy atom. The fourth-order valence-corrected chi connectivity index (χ4v) is 5.69. The summed E-state index contributed by atoms with van der Waals surface area (Å²) in [5.41, 5.74) is 1.05. The third-order valence-electron chi connectivity index (χ3n) is 7.51. The number of esters is 2. The van der Waals surface area contributed by atoms with Crippen molar-refractivity contribution in [2.45, 2.75) is 98.1 Å². The summed E-state index contributed by atoms with van der Waals surface area (Å²) in [6.45, 7) is 13.7. The number of amides is 1. The second kappa shape index (κ2) is 14.7. The number of hydrogen-bond donors (Lipinski definition) is 1. The Hall–Kier alpha value is -3.69. The molecule has 1 N–H and O–H groups in total. The molecule has 2 unspecified atom stereocenters. The molecule has 236 valence electrons. The third-order valence-corrected chi connectivity index (χ3v) is 7.51. The quantitative estimate of drug-likeness (QED) is 0.237. The molecule has 1 aromatic rings. The van der Waals surface area contributed by atoms with Gasteiger partial charge in [-0.1, -0.05) is 32.4 Å². The number of benzene rings is 1. The van der Waals surface area contributed by atoms with E-state index in [1.54, 1.807) is 51.7 Å². The van der Waals surface area contributed by atoms with Crippen molar-refractivity contribution in [2.75, 3.05) is 19.8 Å². The van der Waals surface area contributed by atoms with Gasteiger partial charge in [-0.15, -0.1) is 0 Å². The van der Waals surface area contributed by atoms with Gasteiger partial charge in [-0.25, -0.2) is 14.4 Å². The highest BCUT2D eigenvalue weighted by atomic mass is 16.6. The van der Waals surface area contributed by atoms with E-state index in [1.165, 1.54) is 12.1 Å². The molecule has 1 fully saturated rings. The summed E-state index contributed by atoms with van der Waals surface area (Å²) < 4.78 is 16.8. The number of likely N-dealkylation sites (tertiary alicyclic amines) is 1. The van der Waals surface area contributed by atoms with Crippen molar-refractivity contribution in [1.29, 1.82) is 0 Å². The largest absolute Gasteiger partial charge is 0.478 e. The van der Waals surface area contributed by atoms with E-state index in [1.807, 2.05) is 0 Å². The summed E-state index contributed by atoms with van der Waals surface area (Å²) in [5.74, 6) is -3.60. The summed E-state index contributed by atoms with van der Waals surface area (Å²) in [5, 5.41) is 9.51. The van der Waals surface area contributed by atoms with Crippen LogP contribution >= 0.6 is 0 Å². The predicted octanol–water partition coefficient (Wildman–Crippen LogP) is 6.15. The zero-order valence-electron chi connectivity index (χ0n) is 26.5. The van der Waals surface area contributed by atoms with Crippen LogP contribution in [-0.4, -0.2) is 71.1 Å². The van der Waals surface area contributed by atoms with E-state index in [-0.39, 0.29) is 24.4 Å². The highest BCUT2D eigenvalue weighted by Gasteiger charge is 2.47. The monoisotopic (exact) mass is 598 g/mol. The number of rotatable bonds is 11. The first-order chi connectivity index (χ1) is 20.3. The Balaban J connectivity index is 2.29. The Labute approximate surface area is 254 Å². The van der Waals surface area contributed by atoms with Gasteiger partial charge in [0.05, 0.1) is 36.1 Å². The Bertz CT molecular complexity index is 1240. The minimum absolute atomic E-state index is 0.0758. The summed E-state index contributed by atoms with van der Waals surface area (Å²) in [6.07, 6.45) is 2.89. The number of aliphatic imine (C=N–C) groups is 1. The molecule has 0 radical (unpaired) electrons. The first kappa shape index (κ1) is 33.8. The molecule has 10 nitrogen and oxygen atoms in total.